The van der Waals surface area contributed by atoms with Crippen LogP contribution in [0.2, 0.25) is 0 Å². The molecule has 0 heterocycles. The fourth-order valence-electron chi connectivity index (χ4n) is 0.984. The molecule has 1 nitrogen and oxygen atoms in total. The molecule has 1 heteroatoms. The van der Waals surface area contributed by atoms with E-state index in [-0.39, 0.29) is 0 Å². The highest BCUT2D eigenvalue weighted by Gasteiger charge is 2.34. The van der Waals surface area contributed by atoms with Crippen LogP contribution in [0.5, 0.6) is 0 Å². The summed E-state index contributed by atoms with van der Waals surface area (Å²) >= 11 is 0. The molecular weight excluding hydrogens is 136 g/mol. The van der Waals surface area contributed by atoms with E-state index in [1.807, 2.05) is 24.3 Å². The highest BCUT2D eigenvalue weighted by Crippen LogP contribution is 2.21. The maximum Gasteiger partial charge on any atom is 0.350 e. The van der Waals surface area contributed by atoms with E-state index in [9.17, 15) is 0 Å². The molecule has 11 heavy (non-hydrogen) atoms. The molecule has 0 unspecified atom stereocenters. The van der Waals surface area contributed by atoms with Gasteiger partial charge in [0.15, 0.2) is 0 Å². The van der Waals surface area contributed by atoms with Crippen LogP contribution in [0.4, 0.5) is 0 Å². The first-order chi connectivity index (χ1) is 5.36. The molecule has 0 saturated heterocycles. The van der Waals surface area contributed by atoms with Gasteiger partial charge in [-0.2, -0.15) is 0 Å². The molecule has 0 aromatic heterocycles. The average molecular weight is 147 g/mol. The summed E-state index contributed by atoms with van der Waals surface area (Å²) in [6.07, 6.45) is 10.8. The monoisotopic (exact) mass is 147 g/mol. The molecule has 0 radical (unpaired) electrons. The second kappa shape index (κ2) is 2.50. The van der Waals surface area contributed by atoms with E-state index < -0.39 is 0 Å². The molecule has 1 saturated carbocycles. The van der Waals surface area contributed by atoms with Crippen LogP contribution in [0.3, 0.4) is 0 Å². The molecule has 0 aliphatic heterocycles. The van der Waals surface area contributed by atoms with Gasteiger partial charge in [0.1, 0.15) is 0 Å². The zero-order valence-electron chi connectivity index (χ0n) is 6.42. The van der Waals surface area contributed by atoms with E-state index in [0.717, 1.165) is 11.4 Å². The molecule has 0 N–H and O–H groups in total. The van der Waals surface area contributed by atoms with Crippen LogP contribution in [0, 0.1) is 0 Å². The second-order valence-corrected chi connectivity index (χ2v) is 2.92. The maximum atomic E-state index is 5.59. The summed E-state index contributed by atoms with van der Waals surface area (Å²) in [5, 5.41) is 0. The van der Waals surface area contributed by atoms with Gasteiger partial charge in [-0.05, 0) is 6.08 Å². The first-order valence-electron chi connectivity index (χ1n) is 3.94. The number of ketones is 1. The van der Waals surface area contributed by atoms with E-state index in [2.05, 4.69) is 6.58 Å². The van der Waals surface area contributed by atoms with Crippen molar-refractivity contribution >= 4 is 5.78 Å². The van der Waals surface area contributed by atoms with Gasteiger partial charge in [-0.15, -0.1) is 0 Å². The Hall–Kier alpha value is -1.11. The first kappa shape index (κ1) is 6.59. The Bertz CT molecular complexity index is 265. The fourth-order valence-corrected chi connectivity index (χ4v) is 0.984. The standard InChI is InChI=1S/C10H11O/c1-8-4-2-3-5-10(8)11-9-6-7-9/h2-5,9H,1,6-7H2/q+1. The van der Waals surface area contributed by atoms with Crippen molar-refractivity contribution in [2.45, 2.75) is 18.9 Å². The molecule has 2 aliphatic rings. The minimum atomic E-state index is 0.470. The Balaban J connectivity index is 2.18. The van der Waals surface area contributed by atoms with E-state index in [1.54, 1.807) is 0 Å². The zero-order valence-corrected chi connectivity index (χ0v) is 6.42. The molecule has 2 rings (SSSR count). The van der Waals surface area contributed by atoms with Crippen LogP contribution in [-0.2, 0) is 4.42 Å². The molecule has 0 aromatic rings. The lowest BCUT2D eigenvalue weighted by Crippen LogP contribution is -2.03. The van der Waals surface area contributed by atoms with Gasteiger partial charge in [-0.1, -0.05) is 18.7 Å². The van der Waals surface area contributed by atoms with Crippen molar-refractivity contribution < 1.29 is 4.42 Å². The number of hydrogen-bond donors (Lipinski definition) is 0. The average Bonchev–Trinajstić information content (AvgIpc) is 2.78. The normalized spacial score (nSPS) is 26.5. The number of carbonyl (C=O) groups excluding carboxylic acids is 1. The van der Waals surface area contributed by atoms with E-state index >= 15 is 0 Å². The molecule has 0 spiro atoms. The van der Waals surface area contributed by atoms with Crippen molar-refractivity contribution in [2.75, 3.05) is 0 Å². The third-order valence-corrected chi connectivity index (χ3v) is 1.79. The lowest BCUT2D eigenvalue weighted by Gasteiger charge is -1.92. The summed E-state index contributed by atoms with van der Waals surface area (Å²) in [5.74, 6) is 0.940. The van der Waals surface area contributed by atoms with Gasteiger partial charge in [0, 0.05) is 18.9 Å². The summed E-state index contributed by atoms with van der Waals surface area (Å²) < 4.78 is 5.59. The SMILES string of the molecule is C=C1C=CC=CC1=[O+]C1CC1. The van der Waals surface area contributed by atoms with E-state index in [4.69, 9.17) is 4.42 Å². The van der Waals surface area contributed by atoms with Gasteiger partial charge in [-0.25, -0.2) is 0 Å². The summed E-state index contributed by atoms with van der Waals surface area (Å²) in [6, 6.07) is 0. The van der Waals surface area contributed by atoms with Crippen molar-refractivity contribution in [1.29, 1.82) is 0 Å². The minimum Gasteiger partial charge on any atom is -0.251 e. The van der Waals surface area contributed by atoms with Crippen LogP contribution in [0.25, 0.3) is 0 Å². The van der Waals surface area contributed by atoms with Gasteiger partial charge < -0.3 is 0 Å². The maximum absolute atomic E-state index is 5.59. The quantitative estimate of drug-likeness (QED) is 0.396. The Morgan fingerprint density at radius 3 is 2.64 bits per heavy atom. The highest BCUT2D eigenvalue weighted by atomic mass is 16.4. The minimum absolute atomic E-state index is 0.470. The summed E-state index contributed by atoms with van der Waals surface area (Å²) in [4.78, 5) is 0. The molecule has 56 valence electrons. The van der Waals surface area contributed by atoms with Gasteiger partial charge >= 0.3 is 5.78 Å². The van der Waals surface area contributed by atoms with Crippen molar-refractivity contribution in [1.82, 2.24) is 0 Å². The lowest BCUT2D eigenvalue weighted by molar-refractivity contribution is -0.471. The molecule has 2 aliphatic carbocycles. The van der Waals surface area contributed by atoms with E-state index in [1.165, 1.54) is 12.8 Å². The predicted octanol–water partition coefficient (Wildman–Crippen LogP) is 1.94. The number of allylic oxidation sites excluding steroid dienone is 5. The second-order valence-electron chi connectivity index (χ2n) is 2.92. The fraction of sp³-hybridized carbons (Fsp3) is 0.300. The molecule has 0 aromatic carbocycles. The van der Waals surface area contributed by atoms with Crippen LogP contribution in [-0.4, -0.2) is 11.9 Å². The third kappa shape index (κ3) is 1.48. The Morgan fingerprint density at radius 1 is 1.27 bits per heavy atom. The van der Waals surface area contributed by atoms with Crippen molar-refractivity contribution in [3.8, 4) is 0 Å². The first-order valence-corrected chi connectivity index (χ1v) is 3.94. The number of rotatable bonds is 1. The number of hydrogen-bond acceptors (Lipinski definition) is 0. The molecule has 0 atom stereocenters. The highest BCUT2D eigenvalue weighted by molar-refractivity contribution is 6.07. The summed E-state index contributed by atoms with van der Waals surface area (Å²) in [7, 11) is 0. The molecule has 1 fully saturated rings. The molecule has 0 bridgehead atoms. The van der Waals surface area contributed by atoms with Crippen molar-refractivity contribution in [2.24, 2.45) is 0 Å². The zero-order chi connectivity index (χ0) is 7.68. The predicted molar refractivity (Wildman–Crippen MR) is 45.4 cm³/mol. The van der Waals surface area contributed by atoms with Gasteiger partial charge in [-0.3, -0.25) is 4.42 Å². The molecular formula is C10H11O+. The van der Waals surface area contributed by atoms with Crippen LogP contribution in [0.15, 0.2) is 36.5 Å². The summed E-state index contributed by atoms with van der Waals surface area (Å²) in [6.45, 7) is 3.88. The summed E-state index contributed by atoms with van der Waals surface area (Å²) in [5.41, 5.74) is 0.986. The van der Waals surface area contributed by atoms with Gasteiger partial charge in [0.05, 0.1) is 5.57 Å². The van der Waals surface area contributed by atoms with Crippen LogP contribution in [0.1, 0.15) is 12.8 Å². The van der Waals surface area contributed by atoms with Crippen molar-refractivity contribution in [3.05, 3.63) is 36.5 Å². The van der Waals surface area contributed by atoms with Crippen LogP contribution < -0.4 is 0 Å². The Labute approximate surface area is 66.4 Å². The largest absolute Gasteiger partial charge is 0.350 e. The van der Waals surface area contributed by atoms with Crippen LogP contribution >= 0.6 is 0 Å². The van der Waals surface area contributed by atoms with Crippen molar-refractivity contribution in [3.63, 3.8) is 0 Å². The molecule has 0 amide bonds. The third-order valence-electron chi connectivity index (χ3n) is 1.79. The smallest absolute Gasteiger partial charge is 0.251 e. The Kier molecular flexibility index (Phi) is 1.50. The lowest BCUT2D eigenvalue weighted by atomic mass is 10.1. The topological polar surface area (TPSA) is 11.3 Å². The van der Waals surface area contributed by atoms with Gasteiger partial charge in [0.2, 0.25) is 0 Å². The van der Waals surface area contributed by atoms with E-state index in [0.29, 0.717) is 6.10 Å². The van der Waals surface area contributed by atoms with Gasteiger partial charge in [0.25, 0.3) is 6.10 Å². The Morgan fingerprint density at radius 2 is 2.00 bits per heavy atom.